The molecule has 2 aliphatic rings. The van der Waals surface area contributed by atoms with Crippen molar-refractivity contribution in [1.29, 1.82) is 0 Å². The quantitative estimate of drug-likeness (QED) is 0.528. The maximum Gasteiger partial charge on any atom is 0.342 e. The lowest BCUT2D eigenvalue weighted by atomic mass is 9.90. The van der Waals surface area contributed by atoms with E-state index >= 15 is 0 Å². The first-order chi connectivity index (χ1) is 14.1. The number of hydrogen-bond acceptors (Lipinski definition) is 2. The first-order valence-electron chi connectivity index (χ1n) is 9.38. The summed E-state index contributed by atoms with van der Waals surface area (Å²) in [4.78, 5) is 13.1. The molecular weight excluding hydrogens is 405 g/mol. The number of hydrogen-bond donors (Lipinski definition) is 1. The Bertz CT molecular complexity index is 1110. The van der Waals surface area contributed by atoms with Crippen LogP contribution in [0.4, 0.5) is 10.5 Å². The molecule has 4 nitrogen and oxygen atoms in total. The van der Waals surface area contributed by atoms with Gasteiger partial charge in [0.2, 0.25) is 0 Å². The van der Waals surface area contributed by atoms with Crippen molar-refractivity contribution in [1.82, 2.24) is 5.01 Å². The number of amides is 2. The van der Waals surface area contributed by atoms with Crippen molar-refractivity contribution in [2.45, 2.75) is 12.5 Å². The fourth-order valence-electron chi connectivity index (χ4n) is 4.14. The van der Waals surface area contributed by atoms with Crippen molar-refractivity contribution < 1.29 is 4.79 Å². The molecule has 3 aromatic rings. The van der Waals surface area contributed by atoms with Gasteiger partial charge >= 0.3 is 6.03 Å². The molecule has 1 N–H and O–H groups in total. The van der Waals surface area contributed by atoms with Gasteiger partial charge in [0.05, 0.1) is 11.8 Å². The Balaban J connectivity index is 1.52. The van der Waals surface area contributed by atoms with Gasteiger partial charge in [0.25, 0.3) is 0 Å². The first kappa shape index (κ1) is 18.2. The monoisotopic (exact) mass is 421 g/mol. The van der Waals surface area contributed by atoms with Crippen molar-refractivity contribution >= 4 is 40.6 Å². The number of urea groups is 1. The van der Waals surface area contributed by atoms with Gasteiger partial charge in [0.15, 0.2) is 0 Å². The summed E-state index contributed by atoms with van der Waals surface area (Å²) < 4.78 is 0. The molecule has 29 heavy (non-hydrogen) atoms. The first-order valence-corrected chi connectivity index (χ1v) is 10.1. The molecule has 0 fully saturated rings. The Labute approximate surface area is 178 Å². The van der Waals surface area contributed by atoms with Crippen LogP contribution in [0, 0.1) is 5.92 Å². The van der Waals surface area contributed by atoms with E-state index in [0.717, 1.165) is 23.3 Å². The van der Waals surface area contributed by atoms with Gasteiger partial charge in [-0.2, -0.15) is 5.10 Å². The fraction of sp³-hybridized carbons (Fsp3) is 0.130. The van der Waals surface area contributed by atoms with Crippen LogP contribution in [-0.2, 0) is 6.42 Å². The van der Waals surface area contributed by atoms with Crippen molar-refractivity contribution in [3.8, 4) is 0 Å². The third kappa shape index (κ3) is 3.28. The average molecular weight is 422 g/mol. The summed E-state index contributed by atoms with van der Waals surface area (Å²) in [7, 11) is 0. The fourth-order valence-corrected chi connectivity index (χ4v) is 4.39. The van der Waals surface area contributed by atoms with Gasteiger partial charge in [-0.25, -0.2) is 9.80 Å². The minimum Gasteiger partial charge on any atom is -0.306 e. The smallest absolute Gasteiger partial charge is 0.306 e. The number of benzene rings is 3. The molecule has 0 bridgehead atoms. The molecule has 0 spiro atoms. The molecule has 2 amide bonds. The van der Waals surface area contributed by atoms with Crippen molar-refractivity contribution in [3.63, 3.8) is 0 Å². The van der Waals surface area contributed by atoms with Crippen LogP contribution in [0.5, 0.6) is 0 Å². The lowest BCUT2D eigenvalue weighted by Crippen LogP contribution is -2.34. The highest BCUT2D eigenvalue weighted by molar-refractivity contribution is 6.30. The van der Waals surface area contributed by atoms with Crippen molar-refractivity contribution in [2.75, 3.05) is 5.32 Å². The Morgan fingerprint density at radius 3 is 2.31 bits per heavy atom. The van der Waals surface area contributed by atoms with Gasteiger partial charge in [-0.3, -0.25) is 0 Å². The largest absolute Gasteiger partial charge is 0.342 e. The Kier molecular flexibility index (Phi) is 4.53. The predicted molar refractivity (Wildman–Crippen MR) is 117 cm³/mol. The minimum absolute atomic E-state index is 0.115. The van der Waals surface area contributed by atoms with E-state index in [-0.39, 0.29) is 18.0 Å². The van der Waals surface area contributed by atoms with Gasteiger partial charge in [-0.15, -0.1) is 0 Å². The molecule has 1 aliphatic heterocycles. The van der Waals surface area contributed by atoms with Crippen LogP contribution in [0.25, 0.3) is 0 Å². The van der Waals surface area contributed by atoms with Crippen LogP contribution in [0.1, 0.15) is 22.7 Å². The maximum absolute atomic E-state index is 13.1. The molecule has 0 radical (unpaired) electrons. The van der Waals surface area contributed by atoms with Gasteiger partial charge in [-0.1, -0.05) is 59.6 Å². The summed E-state index contributed by atoms with van der Waals surface area (Å²) in [6.45, 7) is 0. The Hall–Kier alpha value is -2.82. The topological polar surface area (TPSA) is 44.7 Å². The highest BCUT2D eigenvalue weighted by Crippen LogP contribution is 2.44. The second-order valence-corrected chi connectivity index (χ2v) is 8.10. The van der Waals surface area contributed by atoms with E-state index in [4.69, 9.17) is 28.3 Å². The van der Waals surface area contributed by atoms with Crippen LogP contribution in [0.2, 0.25) is 10.0 Å². The summed E-state index contributed by atoms with van der Waals surface area (Å²) in [6.07, 6.45) is 0.854. The zero-order valence-corrected chi connectivity index (χ0v) is 16.9. The number of halogens is 2. The standard InChI is InChI=1S/C23H17Cl2N3O/c24-16-7-5-14(6-8-16)22-20-13-15-3-1-2-4-19(15)21(20)27-28(22)23(29)26-18-11-9-17(25)10-12-18/h1-12,20,22H,13H2,(H,26,29). The van der Waals surface area contributed by atoms with Gasteiger partial charge in [0, 0.05) is 27.2 Å². The molecule has 2 atom stereocenters. The number of carbonyl (C=O) groups excluding carboxylic acids is 1. The van der Waals surface area contributed by atoms with Gasteiger partial charge in [0.1, 0.15) is 0 Å². The van der Waals surface area contributed by atoms with Crippen molar-refractivity contribution in [2.24, 2.45) is 11.0 Å². The summed E-state index contributed by atoms with van der Waals surface area (Å²) in [5, 5.41) is 10.5. The third-order valence-corrected chi connectivity index (χ3v) is 5.96. The second-order valence-electron chi connectivity index (χ2n) is 7.23. The SMILES string of the molecule is O=C(Nc1ccc(Cl)cc1)N1N=C2c3ccccc3CC2C1c1ccc(Cl)cc1. The number of nitrogens with zero attached hydrogens (tertiary/aromatic N) is 2. The summed E-state index contributed by atoms with van der Waals surface area (Å²) in [5.41, 5.74) is 5.04. The molecule has 5 rings (SSSR count). The van der Waals surface area contributed by atoms with E-state index in [1.807, 2.05) is 36.4 Å². The lowest BCUT2D eigenvalue weighted by molar-refractivity contribution is 0.190. The highest BCUT2D eigenvalue weighted by atomic mass is 35.5. The zero-order valence-electron chi connectivity index (χ0n) is 15.3. The molecule has 0 saturated heterocycles. The minimum atomic E-state index is -0.272. The van der Waals surface area contributed by atoms with Gasteiger partial charge < -0.3 is 5.32 Å². The molecule has 3 aromatic carbocycles. The Morgan fingerprint density at radius 1 is 0.931 bits per heavy atom. The van der Waals surface area contributed by atoms with Crippen molar-refractivity contribution in [3.05, 3.63) is 99.5 Å². The summed E-state index contributed by atoms with van der Waals surface area (Å²) >= 11 is 12.0. The molecule has 1 heterocycles. The molecule has 144 valence electrons. The predicted octanol–water partition coefficient (Wildman–Crippen LogP) is 6.16. The molecular formula is C23H17Cl2N3O. The zero-order chi connectivity index (χ0) is 20.0. The van der Waals surface area contributed by atoms with E-state index in [9.17, 15) is 4.79 Å². The normalized spacial score (nSPS) is 19.5. The van der Waals surface area contributed by atoms with Crippen LogP contribution in [0.15, 0.2) is 77.9 Å². The number of nitrogens with one attached hydrogen (secondary N) is 1. The Morgan fingerprint density at radius 2 is 1.59 bits per heavy atom. The van der Waals surface area contributed by atoms with Crippen LogP contribution >= 0.6 is 23.2 Å². The van der Waals surface area contributed by atoms with E-state index in [1.54, 1.807) is 29.3 Å². The highest BCUT2D eigenvalue weighted by Gasteiger charge is 2.45. The van der Waals surface area contributed by atoms with Crippen LogP contribution in [-0.4, -0.2) is 16.8 Å². The van der Waals surface area contributed by atoms with Crippen LogP contribution in [0.3, 0.4) is 0 Å². The number of rotatable bonds is 2. The van der Waals surface area contributed by atoms with Gasteiger partial charge in [-0.05, 0) is 53.9 Å². The van der Waals surface area contributed by atoms with Crippen LogP contribution < -0.4 is 5.32 Å². The maximum atomic E-state index is 13.1. The number of fused-ring (bicyclic) bond motifs is 3. The average Bonchev–Trinajstić information content (AvgIpc) is 3.27. The molecule has 0 saturated carbocycles. The number of anilines is 1. The number of carbonyl (C=O) groups is 1. The molecule has 0 aromatic heterocycles. The second kappa shape index (κ2) is 7.21. The number of hydrazone groups is 1. The van der Waals surface area contributed by atoms with E-state index in [0.29, 0.717) is 15.7 Å². The molecule has 6 heteroatoms. The molecule has 1 aliphatic carbocycles. The van der Waals surface area contributed by atoms with E-state index < -0.39 is 0 Å². The lowest BCUT2D eigenvalue weighted by Gasteiger charge is -2.26. The summed E-state index contributed by atoms with van der Waals surface area (Å²) in [6, 6.07) is 22.5. The third-order valence-electron chi connectivity index (χ3n) is 5.46. The molecule has 2 unspecified atom stereocenters. The van der Waals surface area contributed by atoms with E-state index in [1.165, 1.54) is 5.56 Å². The van der Waals surface area contributed by atoms with E-state index in [2.05, 4.69) is 17.4 Å². The summed E-state index contributed by atoms with van der Waals surface area (Å²) in [5.74, 6) is 0.115.